The quantitative estimate of drug-likeness (QED) is 0.866. The van der Waals surface area contributed by atoms with Crippen molar-refractivity contribution in [1.82, 2.24) is 10.1 Å². The topological polar surface area (TPSA) is 86.5 Å². The van der Waals surface area contributed by atoms with E-state index >= 15 is 0 Å². The van der Waals surface area contributed by atoms with Crippen molar-refractivity contribution in [1.29, 1.82) is 0 Å². The first-order chi connectivity index (χ1) is 10.6. The molecule has 1 aromatic heterocycles. The molecule has 0 radical (unpaired) electrons. The van der Waals surface area contributed by atoms with Crippen molar-refractivity contribution in [2.24, 2.45) is 11.7 Å². The second-order valence-electron chi connectivity index (χ2n) is 5.59. The van der Waals surface area contributed by atoms with Gasteiger partial charge in [-0.05, 0) is 12.1 Å². The van der Waals surface area contributed by atoms with E-state index in [9.17, 15) is 4.79 Å². The van der Waals surface area contributed by atoms with E-state index in [0.29, 0.717) is 23.3 Å². The molecule has 1 amide bonds. The minimum Gasteiger partial charge on any atom is -0.369 e. The van der Waals surface area contributed by atoms with Gasteiger partial charge < -0.3 is 15.2 Å². The number of halogens is 1. The number of nitrogens with one attached hydrogen (secondary N) is 1. The number of rotatable bonds is 4. The fourth-order valence-corrected chi connectivity index (χ4v) is 3.00. The minimum atomic E-state index is -0.196. The Morgan fingerprint density at radius 1 is 1.36 bits per heavy atom. The van der Waals surface area contributed by atoms with Gasteiger partial charge in [0.15, 0.2) is 6.54 Å². The fraction of sp³-hybridized carbons (Fsp3) is 0.400. The highest BCUT2D eigenvalue weighted by molar-refractivity contribution is 6.33. The molecule has 0 bridgehead atoms. The van der Waals surface area contributed by atoms with Gasteiger partial charge in [0, 0.05) is 24.3 Å². The molecule has 0 atom stereocenters. The van der Waals surface area contributed by atoms with Crippen molar-refractivity contribution >= 4 is 17.5 Å². The summed E-state index contributed by atoms with van der Waals surface area (Å²) in [6.45, 7) is 2.43. The third-order valence-corrected chi connectivity index (χ3v) is 4.41. The van der Waals surface area contributed by atoms with Crippen LogP contribution in [0.2, 0.25) is 5.02 Å². The van der Waals surface area contributed by atoms with Crippen molar-refractivity contribution in [2.45, 2.75) is 19.4 Å². The smallest absolute Gasteiger partial charge is 0.282 e. The molecule has 6 nitrogen and oxygen atoms in total. The number of aromatic nitrogens is 2. The van der Waals surface area contributed by atoms with Crippen LogP contribution in [0.4, 0.5) is 0 Å². The lowest BCUT2D eigenvalue weighted by Gasteiger charge is -2.26. The lowest BCUT2D eigenvalue weighted by atomic mass is 9.96. The number of quaternary nitrogens is 1. The number of amides is 1. The van der Waals surface area contributed by atoms with Gasteiger partial charge in [-0.3, -0.25) is 4.79 Å². The number of likely N-dealkylation sites (tertiary alicyclic amines) is 1. The Labute approximate surface area is 133 Å². The molecular formula is C15H18ClN4O2+. The van der Waals surface area contributed by atoms with Crippen molar-refractivity contribution in [2.75, 3.05) is 13.1 Å². The molecule has 7 heteroatoms. The van der Waals surface area contributed by atoms with Crippen LogP contribution in [0, 0.1) is 5.92 Å². The predicted octanol–water partition coefficient (Wildman–Crippen LogP) is 0.670. The Hall–Kier alpha value is -1.92. The van der Waals surface area contributed by atoms with Gasteiger partial charge in [-0.1, -0.05) is 28.9 Å². The monoisotopic (exact) mass is 321 g/mol. The molecule has 22 heavy (non-hydrogen) atoms. The molecule has 3 rings (SSSR count). The van der Waals surface area contributed by atoms with Crippen LogP contribution in [0.1, 0.15) is 18.7 Å². The van der Waals surface area contributed by atoms with Gasteiger partial charge in [0.1, 0.15) is 0 Å². The van der Waals surface area contributed by atoms with E-state index < -0.39 is 0 Å². The molecule has 3 N–H and O–H groups in total. The largest absolute Gasteiger partial charge is 0.369 e. The van der Waals surface area contributed by atoms with E-state index in [2.05, 4.69) is 10.1 Å². The van der Waals surface area contributed by atoms with E-state index in [4.69, 9.17) is 21.9 Å². The van der Waals surface area contributed by atoms with Crippen LogP contribution in [0.25, 0.3) is 11.4 Å². The summed E-state index contributed by atoms with van der Waals surface area (Å²) in [7, 11) is 0. The number of primary amides is 1. The highest BCUT2D eigenvalue weighted by Gasteiger charge is 2.27. The summed E-state index contributed by atoms with van der Waals surface area (Å²) >= 11 is 6.13. The molecule has 2 aromatic rings. The average Bonchev–Trinajstić information content (AvgIpc) is 2.96. The first kappa shape index (κ1) is 15.0. The van der Waals surface area contributed by atoms with Crippen LogP contribution in [0.15, 0.2) is 28.8 Å². The lowest BCUT2D eigenvalue weighted by molar-refractivity contribution is -0.920. The number of carbonyl (C=O) groups is 1. The van der Waals surface area contributed by atoms with Gasteiger partial charge >= 0.3 is 0 Å². The van der Waals surface area contributed by atoms with Crippen LogP contribution < -0.4 is 10.6 Å². The normalized spacial score (nSPS) is 21.7. The molecule has 1 aliphatic rings. The van der Waals surface area contributed by atoms with Gasteiger partial charge in [-0.15, -0.1) is 0 Å². The zero-order chi connectivity index (χ0) is 15.5. The number of carbonyl (C=O) groups excluding carboxylic acids is 1. The molecule has 0 saturated carbocycles. The Morgan fingerprint density at radius 2 is 2.09 bits per heavy atom. The van der Waals surface area contributed by atoms with Gasteiger partial charge in [0.25, 0.3) is 5.89 Å². The number of nitrogens with two attached hydrogens (primary N) is 1. The van der Waals surface area contributed by atoms with Crippen LogP contribution in [-0.4, -0.2) is 29.1 Å². The van der Waals surface area contributed by atoms with Gasteiger partial charge in [0.05, 0.1) is 18.1 Å². The highest BCUT2D eigenvalue weighted by Crippen LogP contribution is 2.24. The number of hydrogen-bond donors (Lipinski definition) is 2. The average molecular weight is 322 g/mol. The molecule has 116 valence electrons. The predicted molar refractivity (Wildman–Crippen MR) is 81.1 cm³/mol. The van der Waals surface area contributed by atoms with Crippen molar-refractivity contribution in [3.8, 4) is 11.4 Å². The standard InChI is InChI=1S/C15H17ClN4O2/c16-12-4-2-1-3-11(12)15-18-13(22-19-15)9-20-7-5-10(6-8-20)14(17)21/h1-4,10H,5-9H2,(H2,17,21)/p+1. The highest BCUT2D eigenvalue weighted by atomic mass is 35.5. The van der Waals surface area contributed by atoms with E-state index in [1.807, 2.05) is 18.2 Å². The SMILES string of the molecule is NC(=O)C1CC[NH+](Cc2nc(-c3ccccc3Cl)no2)CC1. The third kappa shape index (κ3) is 3.28. The third-order valence-electron chi connectivity index (χ3n) is 4.08. The molecule has 1 aromatic carbocycles. The summed E-state index contributed by atoms with van der Waals surface area (Å²) in [5.41, 5.74) is 6.11. The fourth-order valence-electron chi connectivity index (χ4n) is 2.78. The molecule has 0 spiro atoms. The Morgan fingerprint density at radius 3 is 2.77 bits per heavy atom. The van der Waals surface area contributed by atoms with Crippen LogP contribution in [0.5, 0.6) is 0 Å². The minimum absolute atomic E-state index is 0.00474. The molecule has 0 aliphatic carbocycles. The molecule has 2 heterocycles. The second-order valence-corrected chi connectivity index (χ2v) is 6.00. The van der Waals surface area contributed by atoms with E-state index in [1.165, 1.54) is 4.90 Å². The lowest BCUT2D eigenvalue weighted by Crippen LogP contribution is -3.11. The maximum absolute atomic E-state index is 11.2. The molecule has 1 aliphatic heterocycles. The first-order valence-corrected chi connectivity index (χ1v) is 7.71. The molecule has 1 saturated heterocycles. The molecule has 1 fully saturated rings. The van der Waals surface area contributed by atoms with Crippen LogP contribution >= 0.6 is 11.6 Å². The molecule has 0 unspecified atom stereocenters. The summed E-state index contributed by atoms with van der Waals surface area (Å²) in [5, 5.41) is 4.60. The summed E-state index contributed by atoms with van der Waals surface area (Å²) < 4.78 is 5.32. The Balaban J connectivity index is 1.63. The summed E-state index contributed by atoms with van der Waals surface area (Å²) in [6, 6.07) is 7.41. The van der Waals surface area contributed by atoms with Crippen molar-refractivity contribution in [3.05, 3.63) is 35.2 Å². The summed E-state index contributed by atoms with van der Waals surface area (Å²) in [6.07, 6.45) is 1.63. The second kappa shape index (κ2) is 6.46. The van der Waals surface area contributed by atoms with Gasteiger partial charge in [-0.2, -0.15) is 4.98 Å². The van der Waals surface area contributed by atoms with Gasteiger partial charge in [-0.25, -0.2) is 0 Å². The van der Waals surface area contributed by atoms with Crippen LogP contribution in [-0.2, 0) is 11.3 Å². The summed E-state index contributed by atoms with van der Waals surface area (Å²) in [5.74, 6) is 0.900. The number of piperidine rings is 1. The first-order valence-electron chi connectivity index (χ1n) is 7.34. The van der Waals surface area contributed by atoms with E-state index in [-0.39, 0.29) is 11.8 Å². The summed E-state index contributed by atoms with van der Waals surface area (Å²) in [4.78, 5) is 16.9. The zero-order valence-electron chi connectivity index (χ0n) is 12.1. The number of benzene rings is 1. The van der Waals surface area contributed by atoms with Crippen LogP contribution in [0.3, 0.4) is 0 Å². The zero-order valence-corrected chi connectivity index (χ0v) is 12.8. The van der Waals surface area contributed by atoms with E-state index in [1.54, 1.807) is 6.07 Å². The Kier molecular flexibility index (Phi) is 4.40. The molecular weight excluding hydrogens is 304 g/mol. The maximum atomic E-state index is 11.2. The Bertz CT molecular complexity index is 665. The van der Waals surface area contributed by atoms with Crippen molar-refractivity contribution in [3.63, 3.8) is 0 Å². The number of hydrogen-bond acceptors (Lipinski definition) is 4. The van der Waals surface area contributed by atoms with E-state index in [0.717, 1.165) is 31.5 Å². The maximum Gasteiger partial charge on any atom is 0.282 e. The van der Waals surface area contributed by atoms with Gasteiger partial charge in [0.2, 0.25) is 11.7 Å². The number of nitrogens with zero attached hydrogens (tertiary/aromatic N) is 2. The van der Waals surface area contributed by atoms with Crippen molar-refractivity contribution < 1.29 is 14.2 Å².